The minimum atomic E-state index is 0.567. The number of aryl methyl sites for hydroxylation is 1. The van der Waals surface area contributed by atoms with Crippen LogP contribution in [0.15, 0.2) is 41.1 Å². The van der Waals surface area contributed by atoms with E-state index in [1.807, 2.05) is 48.0 Å². The van der Waals surface area contributed by atoms with E-state index in [-0.39, 0.29) is 0 Å². The third kappa shape index (κ3) is 2.31. The highest BCUT2D eigenvalue weighted by molar-refractivity contribution is 7.08. The summed E-state index contributed by atoms with van der Waals surface area (Å²) in [6.45, 7) is 1.83. The maximum atomic E-state index is 4.64. The third-order valence-electron chi connectivity index (χ3n) is 3.22. The van der Waals surface area contributed by atoms with Crippen molar-refractivity contribution in [2.45, 2.75) is 6.92 Å². The molecule has 108 valence electrons. The standard InChI is InChI=1S/C15H12N6S/c1-9-16-15(21-20-9)19-14-11-4-2-3-5-12(11)17-13(18-14)10-6-7-22-8-10/h2-8H,1H3,(H2,16,17,18,19,20,21). The van der Waals surface area contributed by atoms with Gasteiger partial charge < -0.3 is 5.32 Å². The van der Waals surface area contributed by atoms with Crippen molar-refractivity contribution in [3.8, 4) is 11.4 Å². The highest BCUT2D eigenvalue weighted by Gasteiger charge is 2.11. The molecule has 0 amide bonds. The summed E-state index contributed by atoms with van der Waals surface area (Å²) in [5.74, 6) is 2.65. The second kappa shape index (κ2) is 5.19. The van der Waals surface area contributed by atoms with E-state index in [0.29, 0.717) is 23.4 Å². The third-order valence-corrected chi connectivity index (χ3v) is 3.90. The minimum absolute atomic E-state index is 0.567. The molecule has 3 aromatic heterocycles. The first kappa shape index (κ1) is 12.9. The van der Waals surface area contributed by atoms with E-state index in [9.17, 15) is 0 Å². The molecular formula is C15H12N6S. The van der Waals surface area contributed by atoms with Crippen LogP contribution in [0.5, 0.6) is 0 Å². The number of hydrogen-bond donors (Lipinski definition) is 2. The maximum absolute atomic E-state index is 4.64. The number of para-hydroxylation sites is 1. The Morgan fingerprint density at radius 1 is 1.09 bits per heavy atom. The molecule has 2 N–H and O–H groups in total. The van der Waals surface area contributed by atoms with E-state index in [1.54, 1.807) is 11.3 Å². The van der Waals surface area contributed by atoms with Crippen LogP contribution in [-0.4, -0.2) is 25.1 Å². The molecule has 0 saturated heterocycles. The van der Waals surface area contributed by atoms with Gasteiger partial charge in [-0.05, 0) is 30.5 Å². The number of hydrogen-bond acceptors (Lipinski definition) is 6. The summed E-state index contributed by atoms with van der Waals surface area (Å²) >= 11 is 1.62. The van der Waals surface area contributed by atoms with Gasteiger partial charge in [-0.25, -0.2) is 15.1 Å². The maximum Gasteiger partial charge on any atom is 0.224 e. The molecule has 6 nitrogen and oxygen atoms in total. The SMILES string of the molecule is Cc1n[nH]c(Nc2nc(-c3ccsc3)nc3ccccc23)n1. The van der Waals surface area contributed by atoms with Crippen LogP contribution < -0.4 is 5.32 Å². The number of rotatable bonds is 3. The highest BCUT2D eigenvalue weighted by Crippen LogP contribution is 2.27. The van der Waals surface area contributed by atoms with Crippen LogP contribution in [0.3, 0.4) is 0 Å². The molecule has 0 spiro atoms. The van der Waals surface area contributed by atoms with Crippen LogP contribution in [0.2, 0.25) is 0 Å². The van der Waals surface area contributed by atoms with E-state index >= 15 is 0 Å². The average Bonchev–Trinajstić information content (AvgIpc) is 3.19. The van der Waals surface area contributed by atoms with Gasteiger partial charge in [0.25, 0.3) is 0 Å². The predicted octanol–water partition coefficient (Wildman–Crippen LogP) is 3.53. The summed E-state index contributed by atoms with van der Waals surface area (Å²) in [7, 11) is 0. The Balaban J connectivity index is 1.87. The molecule has 0 aliphatic rings. The highest BCUT2D eigenvalue weighted by atomic mass is 32.1. The Morgan fingerprint density at radius 3 is 2.77 bits per heavy atom. The number of nitrogens with zero attached hydrogens (tertiary/aromatic N) is 4. The van der Waals surface area contributed by atoms with Crippen molar-refractivity contribution in [3.05, 3.63) is 46.9 Å². The first-order valence-corrected chi connectivity index (χ1v) is 7.69. The molecule has 4 rings (SSSR count). The lowest BCUT2D eigenvalue weighted by molar-refractivity contribution is 1.04. The summed E-state index contributed by atoms with van der Waals surface area (Å²) in [4.78, 5) is 13.5. The number of nitrogens with one attached hydrogen (secondary N) is 2. The van der Waals surface area contributed by atoms with Crippen LogP contribution in [0.4, 0.5) is 11.8 Å². The first-order valence-electron chi connectivity index (χ1n) is 6.75. The van der Waals surface area contributed by atoms with E-state index in [2.05, 4.69) is 30.5 Å². The van der Waals surface area contributed by atoms with Gasteiger partial charge in [0.2, 0.25) is 5.95 Å². The van der Waals surface area contributed by atoms with Gasteiger partial charge in [0.15, 0.2) is 5.82 Å². The van der Waals surface area contributed by atoms with E-state index in [4.69, 9.17) is 0 Å². The number of aromatic amines is 1. The molecule has 3 heterocycles. The average molecular weight is 308 g/mol. The van der Waals surface area contributed by atoms with Gasteiger partial charge in [0.05, 0.1) is 5.52 Å². The monoisotopic (exact) mass is 308 g/mol. The van der Waals surface area contributed by atoms with Crippen molar-refractivity contribution < 1.29 is 0 Å². The lowest BCUT2D eigenvalue weighted by Crippen LogP contribution is -2.00. The van der Waals surface area contributed by atoms with Crippen molar-refractivity contribution >= 4 is 34.0 Å². The Hall–Kier alpha value is -2.80. The number of benzene rings is 1. The van der Waals surface area contributed by atoms with E-state index < -0.39 is 0 Å². The zero-order chi connectivity index (χ0) is 14.9. The molecular weight excluding hydrogens is 296 g/mol. The Kier molecular flexibility index (Phi) is 3.05. The van der Waals surface area contributed by atoms with Gasteiger partial charge >= 0.3 is 0 Å². The van der Waals surface area contributed by atoms with Crippen LogP contribution in [0, 0.1) is 6.92 Å². The molecule has 1 aromatic carbocycles. The second-order valence-corrected chi connectivity index (χ2v) is 5.56. The van der Waals surface area contributed by atoms with Crippen LogP contribution in [0.25, 0.3) is 22.3 Å². The molecule has 0 aliphatic carbocycles. The summed E-state index contributed by atoms with van der Waals surface area (Å²) in [5, 5.41) is 15.0. The van der Waals surface area contributed by atoms with Crippen molar-refractivity contribution in [3.63, 3.8) is 0 Å². The number of thiophene rings is 1. The van der Waals surface area contributed by atoms with E-state index in [0.717, 1.165) is 16.5 Å². The zero-order valence-corrected chi connectivity index (χ0v) is 12.6. The van der Waals surface area contributed by atoms with Crippen LogP contribution in [0.1, 0.15) is 5.82 Å². The molecule has 7 heteroatoms. The van der Waals surface area contributed by atoms with Gasteiger partial charge in [-0.2, -0.15) is 21.4 Å². The number of fused-ring (bicyclic) bond motifs is 1. The number of H-pyrrole nitrogens is 1. The Bertz CT molecular complexity index is 928. The molecule has 0 radical (unpaired) electrons. The molecule has 4 aromatic rings. The summed E-state index contributed by atoms with van der Waals surface area (Å²) in [5.41, 5.74) is 1.89. The normalized spacial score (nSPS) is 11.0. The largest absolute Gasteiger partial charge is 0.309 e. The smallest absolute Gasteiger partial charge is 0.224 e. The fraction of sp³-hybridized carbons (Fsp3) is 0.0667. The Labute approximate surface area is 130 Å². The van der Waals surface area contributed by atoms with Gasteiger partial charge in [0.1, 0.15) is 11.6 Å². The first-order chi connectivity index (χ1) is 10.8. The fourth-order valence-electron chi connectivity index (χ4n) is 2.21. The van der Waals surface area contributed by atoms with Crippen molar-refractivity contribution in [1.29, 1.82) is 0 Å². The topological polar surface area (TPSA) is 79.4 Å². The summed E-state index contributed by atoms with van der Waals surface area (Å²) in [6, 6.07) is 9.90. The molecule has 0 fully saturated rings. The number of aromatic nitrogens is 5. The van der Waals surface area contributed by atoms with Gasteiger partial charge in [-0.3, -0.25) is 0 Å². The minimum Gasteiger partial charge on any atom is -0.309 e. The second-order valence-electron chi connectivity index (χ2n) is 4.78. The number of anilines is 2. The molecule has 0 saturated carbocycles. The van der Waals surface area contributed by atoms with E-state index in [1.165, 1.54) is 0 Å². The van der Waals surface area contributed by atoms with Crippen molar-refractivity contribution in [1.82, 2.24) is 25.1 Å². The lowest BCUT2D eigenvalue weighted by Gasteiger charge is -2.08. The Morgan fingerprint density at radius 2 is 2.00 bits per heavy atom. The molecule has 0 atom stereocenters. The van der Waals surface area contributed by atoms with Gasteiger partial charge in [0, 0.05) is 16.3 Å². The lowest BCUT2D eigenvalue weighted by atomic mass is 10.2. The van der Waals surface area contributed by atoms with Crippen LogP contribution in [-0.2, 0) is 0 Å². The molecule has 0 aliphatic heterocycles. The summed E-state index contributed by atoms with van der Waals surface area (Å²) < 4.78 is 0. The summed E-state index contributed by atoms with van der Waals surface area (Å²) in [6.07, 6.45) is 0. The quantitative estimate of drug-likeness (QED) is 0.605. The van der Waals surface area contributed by atoms with Crippen molar-refractivity contribution in [2.75, 3.05) is 5.32 Å². The predicted molar refractivity (Wildman–Crippen MR) is 87.3 cm³/mol. The zero-order valence-electron chi connectivity index (χ0n) is 11.7. The van der Waals surface area contributed by atoms with Gasteiger partial charge in [-0.15, -0.1) is 0 Å². The molecule has 22 heavy (non-hydrogen) atoms. The molecule has 0 bridgehead atoms. The van der Waals surface area contributed by atoms with Crippen molar-refractivity contribution in [2.24, 2.45) is 0 Å². The van der Waals surface area contributed by atoms with Crippen LogP contribution >= 0.6 is 11.3 Å². The molecule has 0 unspecified atom stereocenters. The van der Waals surface area contributed by atoms with Gasteiger partial charge in [-0.1, -0.05) is 12.1 Å². The fourth-order valence-corrected chi connectivity index (χ4v) is 2.84.